The van der Waals surface area contributed by atoms with Crippen molar-refractivity contribution in [1.29, 1.82) is 0 Å². The van der Waals surface area contributed by atoms with Gasteiger partial charge >= 0.3 is 0 Å². The van der Waals surface area contributed by atoms with Crippen LogP contribution in [-0.4, -0.2) is 16.8 Å². The van der Waals surface area contributed by atoms with Crippen molar-refractivity contribution in [3.05, 3.63) is 42.5 Å². The van der Waals surface area contributed by atoms with Gasteiger partial charge in [0, 0.05) is 18.0 Å². The van der Waals surface area contributed by atoms with Gasteiger partial charge in [-0.2, -0.15) is 0 Å². The van der Waals surface area contributed by atoms with Gasteiger partial charge in [-0.15, -0.1) is 0 Å². The molecule has 1 aliphatic rings. The highest BCUT2D eigenvalue weighted by Crippen LogP contribution is 2.34. The average molecular weight is 229 g/mol. The summed E-state index contributed by atoms with van der Waals surface area (Å²) in [5.74, 6) is 1.57. The fraction of sp³-hybridized carbons (Fsp3) is 0.167. The molecule has 3 rings (SSSR count). The molecule has 5 nitrogen and oxygen atoms in total. The fourth-order valence-electron chi connectivity index (χ4n) is 1.62. The Morgan fingerprint density at radius 3 is 3.00 bits per heavy atom. The van der Waals surface area contributed by atoms with E-state index in [1.165, 1.54) is 6.33 Å². The summed E-state index contributed by atoms with van der Waals surface area (Å²) >= 11 is 0. The molecule has 0 saturated heterocycles. The number of aromatic nitrogens is 2. The number of hydrogen-bond acceptors (Lipinski definition) is 5. The second kappa shape index (κ2) is 4.29. The van der Waals surface area contributed by atoms with E-state index in [9.17, 15) is 0 Å². The third-order valence-electron chi connectivity index (χ3n) is 2.49. The van der Waals surface area contributed by atoms with Crippen LogP contribution in [0.4, 0.5) is 5.69 Å². The van der Waals surface area contributed by atoms with E-state index >= 15 is 0 Å². The number of nitrogens with zero attached hydrogens (tertiary/aromatic N) is 2. The first-order valence-electron chi connectivity index (χ1n) is 5.30. The summed E-state index contributed by atoms with van der Waals surface area (Å²) in [7, 11) is 0. The molecule has 0 bridgehead atoms. The molecule has 1 aliphatic heterocycles. The van der Waals surface area contributed by atoms with Crippen molar-refractivity contribution in [1.82, 2.24) is 9.97 Å². The maximum Gasteiger partial charge on any atom is 0.231 e. The zero-order valence-corrected chi connectivity index (χ0v) is 9.09. The van der Waals surface area contributed by atoms with Gasteiger partial charge in [0.2, 0.25) is 6.79 Å². The van der Waals surface area contributed by atoms with E-state index in [0.29, 0.717) is 13.3 Å². The Balaban J connectivity index is 1.70. The molecule has 86 valence electrons. The van der Waals surface area contributed by atoms with E-state index in [4.69, 9.17) is 9.47 Å². The molecule has 1 N–H and O–H groups in total. The van der Waals surface area contributed by atoms with Crippen molar-refractivity contribution in [2.24, 2.45) is 0 Å². The first-order valence-corrected chi connectivity index (χ1v) is 5.30. The van der Waals surface area contributed by atoms with Gasteiger partial charge < -0.3 is 14.8 Å². The number of rotatable bonds is 3. The summed E-state index contributed by atoms with van der Waals surface area (Å²) in [6.07, 6.45) is 3.26. The Morgan fingerprint density at radius 2 is 2.12 bits per heavy atom. The number of ether oxygens (including phenoxy) is 2. The van der Waals surface area contributed by atoms with Gasteiger partial charge in [-0.1, -0.05) is 0 Å². The molecular weight excluding hydrogens is 218 g/mol. The second-order valence-corrected chi connectivity index (χ2v) is 3.62. The minimum absolute atomic E-state index is 0.296. The minimum Gasteiger partial charge on any atom is -0.454 e. The van der Waals surface area contributed by atoms with Crippen molar-refractivity contribution in [3.63, 3.8) is 0 Å². The molecule has 17 heavy (non-hydrogen) atoms. The Bertz CT molecular complexity index is 516. The lowest BCUT2D eigenvalue weighted by Gasteiger charge is -2.06. The molecule has 5 heteroatoms. The molecule has 0 atom stereocenters. The summed E-state index contributed by atoms with van der Waals surface area (Å²) in [5.41, 5.74) is 1.92. The van der Waals surface area contributed by atoms with Gasteiger partial charge in [0.1, 0.15) is 6.33 Å². The maximum atomic E-state index is 5.30. The van der Waals surface area contributed by atoms with Crippen LogP contribution in [0.1, 0.15) is 5.69 Å². The van der Waals surface area contributed by atoms with E-state index in [1.54, 1.807) is 6.20 Å². The first-order chi connectivity index (χ1) is 8.42. The summed E-state index contributed by atoms with van der Waals surface area (Å²) in [5, 5.41) is 3.26. The highest BCUT2D eigenvalue weighted by Gasteiger charge is 2.12. The van der Waals surface area contributed by atoms with E-state index < -0.39 is 0 Å². The van der Waals surface area contributed by atoms with Gasteiger partial charge in [-0.25, -0.2) is 9.97 Å². The van der Waals surface area contributed by atoms with Gasteiger partial charge in [-0.3, -0.25) is 0 Å². The van der Waals surface area contributed by atoms with E-state index in [0.717, 1.165) is 22.9 Å². The standard InChI is InChI=1S/C12H11N3O2/c1-2-11-12(17-8-16-11)5-9(1)14-6-10-3-4-13-7-15-10/h1-5,7,14H,6,8H2. The molecule has 0 amide bonds. The molecule has 1 aromatic carbocycles. The van der Waals surface area contributed by atoms with Crippen molar-refractivity contribution >= 4 is 5.69 Å². The van der Waals surface area contributed by atoms with E-state index in [2.05, 4.69) is 15.3 Å². The minimum atomic E-state index is 0.296. The van der Waals surface area contributed by atoms with Crippen LogP contribution in [0.5, 0.6) is 11.5 Å². The molecule has 1 aromatic heterocycles. The summed E-state index contributed by atoms with van der Waals surface area (Å²) in [6.45, 7) is 0.951. The van der Waals surface area contributed by atoms with Gasteiger partial charge in [0.15, 0.2) is 11.5 Å². The van der Waals surface area contributed by atoms with Gasteiger partial charge in [0.05, 0.1) is 12.2 Å². The number of nitrogens with one attached hydrogen (secondary N) is 1. The average Bonchev–Trinajstić information content (AvgIpc) is 2.85. The van der Waals surface area contributed by atoms with Crippen LogP contribution in [0.3, 0.4) is 0 Å². The molecule has 0 spiro atoms. The Hall–Kier alpha value is -2.30. The lowest BCUT2D eigenvalue weighted by Crippen LogP contribution is -2.01. The highest BCUT2D eigenvalue weighted by molar-refractivity contribution is 5.55. The summed E-state index contributed by atoms with van der Waals surface area (Å²) in [6, 6.07) is 7.64. The quantitative estimate of drug-likeness (QED) is 0.870. The Labute approximate surface area is 98.4 Å². The topological polar surface area (TPSA) is 56.3 Å². The molecule has 2 aromatic rings. The van der Waals surface area contributed by atoms with Crippen LogP contribution < -0.4 is 14.8 Å². The smallest absolute Gasteiger partial charge is 0.231 e. The SMILES string of the molecule is c1cc(CNc2ccc3c(c2)OCO3)ncn1. The number of hydrogen-bond donors (Lipinski definition) is 1. The summed E-state index contributed by atoms with van der Waals surface area (Å²) in [4.78, 5) is 8.01. The summed E-state index contributed by atoms with van der Waals surface area (Å²) < 4.78 is 10.5. The molecule has 2 heterocycles. The highest BCUT2D eigenvalue weighted by atomic mass is 16.7. The Morgan fingerprint density at radius 1 is 1.18 bits per heavy atom. The van der Waals surface area contributed by atoms with E-state index in [-0.39, 0.29) is 0 Å². The van der Waals surface area contributed by atoms with Crippen LogP contribution in [0.25, 0.3) is 0 Å². The van der Waals surface area contributed by atoms with Crippen molar-refractivity contribution in [2.45, 2.75) is 6.54 Å². The second-order valence-electron chi connectivity index (χ2n) is 3.62. The maximum absolute atomic E-state index is 5.30. The Kier molecular flexibility index (Phi) is 2.50. The van der Waals surface area contributed by atoms with Crippen molar-refractivity contribution < 1.29 is 9.47 Å². The van der Waals surface area contributed by atoms with Crippen molar-refractivity contribution in [3.8, 4) is 11.5 Å². The molecule has 0 fully saturated rings. The molecule has 0 aliphatic carbocycles. The van der Waals surface area contributed by atoms with Crippen LogP contribution in [-0.2, 0) is 6.54 Å². The number of benzene rings is 1. The largest absolute Gasteiger partial charge is 0.454 e. The van der Waals surface area contributed by atoms with Crippen LogP contribution in [0.15, 0.2) is 36.8 Å². The van der Waals surface area contributed by atoms with Crippen LogP contribution in [0, 0.1) is 0 Å². The zero-order chi connectivity index (χ0) is 11.5. The molecule has 0 radical (unpaired) electrons. The van der Waals surface area contributed by atoms with Crippen LogP contribution >= 0.6 is 0 Å². The lowest BCUT2D eigenvalue weighted by atomic mass is 10.2. The van der Waals surface area contributed by atoms with Crippen LogP contribution in [0.2, 0.25) is 0 Å². The predicted octanol–water partition coefficient (Wildman–Crippen LogP) is 1.82. The molecular formula is C12H11N3O2. The van der Waals surface area contributed by atoms with Gasteiger partial charge in [0.25, 0.3) is 0 Å². The normalized spacial score (nSPS) is 12.5. The zero-order valence-electron chi connectivity index (χ0n) is 9.09. The number of fused-ring (bicyclic) bond motifs is 1. The predicted molar refractivity (Wildman–Crippen MR) is 61.9 cm³/mol. The third-order valence-corrected chi connectivity index (χ3v) is 2.49. The third kappa shape index (κ3) is 2.13. The van der Waals surface area contributed by atoms with Crippen molar-refractivity contribution in [2.75, 3.05) is 12.1 Å². The molecule has 0 unspecified atom stereocenters. The number of anilines is 1. The first kappa shape index (κ1) is 9.89. The monoisotopic (exact) mass is 229 g/mol. The van der Waals surface area contributed by atoms with E-state index in [1.807, 2.05) is 24.3 Å². The molecule has 0 saturated carbocycles. The lowest BCUT2D eigenvalue weighted by molar-refractivity contribution is 0.174. The van der Waals surface area contributed by atoms with Gasteiger partial charge in [-0.05, 0) is 18.2 Å². The fourth-order valence-corrected chi connectivity index (χ4v) is 1.62.